The van der Waals surface area contributed by atoms with Crippen LogP contribution in [0, 0.1) is 0 Å². The third-order valence-electron chi connectivity index (χ3n) is 10.1. The van der Waals surface area contributed by atoms with Crippen molar-refractivity contribution >= 4 is 23.7 Å². The third-order valence-corrected chi connectivity index (χ3v) is 10.1. The summed E-state index contributed by atoms with van der Waals surface area (Å²) in [6.45, 7) is 7.61. The van der Waals surface area contributed by atoms with Crippen molar-refractivity contribution in [2.45, 2.75) is 74.5 Å². The molecule has 2 aromatic carbocycles. The summed E-state index contributed by atoms with van der Waals surface area (Å²) in [5.41, 5.74) is 5.06. The van der Waals surface area contributed by atoms with Crippen molar-refractivity contribution in [3.8, 4) is 0 Å². The number of nitrogens with one attached hydrogen (secondary N) is 1. The minimum Gasteiger partial charge on any atom is -0.365 e. The second kappa shape index (κ2) is 6.08. The number of hydrogen-bond donors (Lipinski definition) is 1. The molecule has 3 saturated heterocycles. The summed E-state index contributed by atoms with van der Waals surface area (Å²) in [5, 5.41) is 3.81. The van der Waals surface area contributed by atoms with Gasteiger partial charge >= 0.3 is 0 Å². The quantitative estimate of drug-likeness (QED) is 0.540. The van der Waals surface area contributed by atoms with Gasteiger partial charge in [-0.2, -0.15) is 0 Å². The Bertz CT molecular complexity index is 1330. The van der Waals surface area contributed by atoms with Gasteiger partial charge in [-0.15, -0.1) is 0 Å². The lowest BCUT2D eigenvalue weighted by molar-refractivity contribution is -0.140. The number of epoxide rings is 1. The molecule has 8 rings (SSSR count). The number of carbonyl (C=O) groups excluding carboxylic acids is 2. The maximum Gasteiger partial charge on any atom is 0.220 e. The molecule has 35 heavy (non-hydrogen) atoms. The monoisotopic (exact) mass is 470 g/mol. The number of anilines is 2. The molecule has 6 heterocycles. The van der Waals surface area contributed by atoms with Crippen LogP contribution in [0.25, 0.3) is 0 Å². The molecule has 7 atom stereocenters. The molecule has 2 amide bonds. The van der Waals surface area contributed by atoms with Gasteiger partial charge in [0.1, 0.15) is 12.3 Å². The fraction of sp³-hybridized carbons (Fsp3) is 0.500. The van der Waals surface area contributed by atoms with Crippen LogP contribution in [0.1, 0.15) is 56.3 Å². The van der Waals surface area contributed by atoms with E-state index in [9.17, 15) is 9.59 Å². The van der Waals surface area contributed by atoms with Crippen molar-refractivity contribution in [2.24, 2.45) is 0 Å². The number of benzene rings is 2. The third kappa shape index (κ3) is 2.02. The highest BCUT2D eigenvalue weighted by Gasteiger charge is 2.77. The second-order valence-corrected chi connectivity index (χ2v) is 11.7. The second-order valence-electron chi connectivity index (χ2n) is 11.7. The summed E-state index contributed by atoms with van der Waals surface area (Å²) in [7, 11) is 0. The van der Waals surface area contributed by atoms with Gasteiger partial charge in [-0.25, -0.2) is 0 Å². The van der Waals surface area contributed by atoms with Crippen LogP contribution >= 0.6 is 0 Å². The molecule has 1 unspecified atom stereocenters. The average molecular weight is 471 g/mol. The summed E-state index contributed by atoms with van der Waals surface area (Å²) in [5.74, 6) is 0.118. The minimum absolute atomic E-state index is 0.0335. The number of piperidine rings is 1. The zero-order valence-corrected chi connectivity index (χ0v) is 20.3. The van der Waals surface area contributed by atoms with Crippen LogP contribution in [-0.2, 0) is 25.2 Å². The molecule has 6 aliphatic rings. The molecule has 7 heteroatoms. The Morgan fingerprint density at radius 3 is 2.60 bits per heavy atom. The number of ether oxygens (including phenoxy) is 1. The first kappa shape index (κ1) is 20.3. The maximum absolute atomic E-state index is 13.2. The van der Waals surface area contributed by atoms with E-state index in [2.05, 4.69) is 71.4 Å². The number of fused-ring (bicyclic) bond motifs is 1. The zero-order chi connectivity index (χ0) is 23.9. The molecule has 0 aliphatic carbocycles. The van der Waals surface area contributed by atoms with E-state index < -0.39 is 0 Å². The molecular formula is C28H30N4O3. The van der Waals surface area contributed by atoms with Gasteiger partial charge in [0.25, 0.3) is 0 Å². The van der Waals surface area contributed by atoms with Crippen molar-refractivity contribution < 1.29 is 14.3 Å². The number of rotatable bonds is 2. The van der Waals surface area contributed by atoms with Crippen LogP contribution in [-0.4, -0.2) is 59.2 Å². The first-order valence-electron chi connectivity index (χ1n) is 12.8. The predicted molar refractivity (Wildman–Crippen MR) is 131 cm³/mol. The average Bonchev–Trinajstić information content (AvgIpc) is 3.21. The largest absolute Gasteiger partial charge is 0.365 e. The SMILES string of the molecule is CC(=O)N1CC[C@@]23c4ccccc4N[C@@H]4N(C=O)c5cccc6c5[C@@]42CCN([C@@H]13)[C@@H]6[C@H]1OC1(C)C. The van der Waals surface area contributed by atoms with Gasteiger partial charge in [-0.1, -0.05) is 30.3 Å². The van der Waals surface area contributed by atoms with Gasteiger partial charge in [0.05, 0.1) is 23.2 Å². The summed E-state index contributed by atoms with van der Waals surface area (Å²) >= 11 is 0. The molecule has 6 aliphatic heterocycles. The fourth-order valence-corrected chi connectivity index (χ4v) is 8.97. The van der Waals surface area contributed by atoms with Gasteiger partial charge in [0.15, 0.2) is 0 Å². The lowest BCUT2D eigenvalue weighted by atomic mass is 9.50. The first-order chi connectivity index (χ1) is 16.9. The lowest BCUT2D eigenvalue weighted by Crippen LogP contribution is -2.73. The Balaban J connectivity index is 1.52. The van der Waals surface area contributed by atoms with E-state index in [1.54, 1.807) is 6.92 Å². The molecule has 2 aromatic rings. The van der Waals surface area contributed by atoms with Crippen molar-refractivity contribution in [1.29, 1.82) is 0 Å². The topological polar surface area (TPSA) is 68.4 Å². The lowest BCUT2D eigenvalue weighted by Gasteiger charge is -2.62. The van der Waals surface area contributed by atoms with E-state index in [4.69, 9.17) is 4.74 Å². The van der Waals surface area contributed by atoms with Gasteiger partial charge in [0, 0.05) is 36.8 Å². The van der Waals surface area contributed by atoms with Gasteiger partial charge < -0.3 is 15.0 Å². The maximum atomic E-state index is 13.2. The van der Waals surface area contributed by atoms with E-state index in [0.717, 1.165) is 43.7 Å². The van der Waals surface area contributed by atoms with E-state index in [1.807, 2.05) is 4.90 Å². The Morgan fingerprint density at radius 1 is 1.09 bits per heavy atom. The highest BCUT2D eigenvalue weighted by atomic mass is 16.6. The highest BCUT2D eigenvalue weighted by molar-refractivity contribution is 5.89. The normalized spacial score (nSPS) is 40.4. The molecule has 7 nitrogen and oxygen atoms in total. The van der Waals surface area contributed by atoms with E-state index in [-0.39, 0.29) is 46.8 Å². The predicted octanol–water partition coefficient (Wildman–Crippen LogP) is 3.11. The Kier molecular flexibility index (Phi) is 3.53. The number of hydrogen-bond acceptors (Lipinski definition) is 5. The smallest absolute Gasteiger partial charge is 0.220 e. The molecule has 3 fully saturated rings. The molecule has 2 spiro atoms. The number of nitrogens with zero attached hydrogens (tertiary/aromatic N) is 3. The zero-order valence-electron chi connectivity index (χ0n) is 20.3. The fourth-order valence-electron chi connectivity index (χ4n) is 8.97. The summed E-state index contributed by atoms with van der Waals surface area (Å²) < 4.78 is 6.33. The molecule has 2 bridgehead atoms. The number of carbonyl (C=O) groups is 2. The Morgan fingerprint density at radius 2 is 1.86 bits per heavy atom. The molecule has 0 aromatic heterocycles. The minimum atomic E-state index is -0.326. The molecule has 1 N–H and O–H groups in total. The Labute approximate surface area is 205 Å². The van der Waals surface area contributed by atoms with Crippen molar-refractivity contribution in [3.63, 3.8) is 0 Å². The summed E-state index contributed by atoms with van der Waals surface area (Å²) in [6, 6.07) is 15.1. The highest BCUT2D eigenvalue weighted by Crippen LogP contribution is 2.72. The van der Waals surface area contributed by atoms with E-state index in [0.29, 0.717) is 0 Å². The van der Waals surface area contributed by atoms with Gasteiger partial charge in [0.2, 0.25) is 12.3 Å². The molecule has 180 valence electrons. The van der Waals surface area contributed by atoms with E-state index in [1.165, 1.54) is 16.7 Å². The number of likely N-dealkylation sites (tertiary alicyclic amines) is 1. The van der Waals surface area contributed by atoms with Crippen LogP contribution in [0.2, 0.25) is 0 Å². The van der Waals surface area contributed by atoms with Crippen LogP contribution in [0.5, 0.6) is 0 Å². The van der Waals surface area contributed by atoms with Crippen molar-refractivity contribution in [3.05, 3.63) is 59.2 Å². The van der Waals surface area contributed by atoms with Gasteiger partial charge in [-0.3, -0.25) is 19.4 Å². The van der Waals surface area contributed by atoms with E-state index >= 15 is 0 Å². The summed E-state index contributed by atoms with van der Waals surface area (Å²) in [6.07, 6.45) is 2.59. The standard InChI is InChI=1S/C28H30N4O3/c1-16(34)30-13-11-27-18-8-4-5-9-19(18)29-24-28(27)12-14-31(25(27)30)22(23-26(2,3)35-23)17-7-6-10-20(21(17)28)32(24)15-33/h4-10,15,22-25,29H,11-14H2,1-3H3/t22-,23+,24+,25+,27-,28-/m0/s1. The van der Waals surface area contributed by atoms with Crippen LogP contribution in [0.4, 0.5) is 11.4 Å². The van der Waals surface area contributed by atoms with Gasteiger partial charge in [-0.05, 0) is 55.5 Å². The van der Waals surface area contributed by atoms with Crippen molar-refractivity contribution in [2.75, 3.05) is 23.3 Å². The van der Waals surface area contributed by atoms with Crippen LogP contribution < -0.4 is 10.2 Å². The van der Waals surface area contributed by atoms with Crippen molar-refractivity contribution in [1.82, 2.24) is 9.80 Å². The molecular weight excluding hydrogens is 440 g/mol. The molecule has 0 radical (unpaired) electrons. The summed E-state index contributed by atoms with van der Waals surface area (Å²) in [4.78, 5) is 32.5. The molecule has 0 saturated carbocycles. The number of para-hydroxylation sites is 1. The number of amides is 2. The first-order valence-corrected chi connectivity index (χ1v) is 12.8. The Hall–Kier alpha value is -2.90. The van der Waals surface area contributed by atoms with Crippen LogP contribution in [0.15, 0.2) is 42.5 Å². The van der Waals surface area contributed by atoms with Crippen LogP contribution in [0.3, 0.4) is 0 Å².